The van der Waals surface area contributed by atoms with Gasteiger partial charge in [0.1, 0.15) is 0 Å². The van der Waals surface area contributed by atoms with E-state index in [9.17, 15) is 0 Å². The van der Waals surface area contributed by atoms with E-state index in [1.54, 1.807) is 0 Å². The highest BCUT2D eigenvalue weighted by Crippen LogP contribution is 2.25. The Labute approximate surface area is 127 Å². The molecular weight excluding hydrogens is 246 g/mol. The lowest BCUT2D eigenvalue weighted by atomic mass is 9.84. The van der Waals surface area contributed by atoms with Gasteiger partial charge in [0.25, 0.3) is 0 Å². The normalized spacial score (nSPS) is 24.0. The van der Waals surface area contributed by atoms with Crippen LogP contribution in [0.4, 0.5) is 0 Å². The van der Waals surface area contributed by atoms with E-state index in [2.05, 4.69) is 50.0 Å². The molecule has 2 unspecified atom stereocenters. The number of hydrogen-bond donors (Lipinski definition) is 1. The standard InChI is InChI=1S/C17H37N3/c1-6-18-17-10-8-7-9-16(17)14-20(13-15(2)3)12-11-19(4)5/h15-18H,6-14H2,1-5H3. The van der Waals surface area contributed by atoms with Gasteiger partial charge in [-0.05, 0) is 45.3 Å². The van der Waals surface area contributed by atoms with Crippen molar-refractivity contribution in [3.8, 4) is 0 Å². The Morgan fingerprint density at radius 3 is 2.40 bits per heavy atom. The first kappa shape index (κ1) is 17.9. The molecule has 0 amide bonds. The minimum Gasteiger partial charge on any atom is -0.314 e. The fourth-order valence-electron chi connectivity index (χ4n) is 3.40. The molecule has 2 atom stereocenters. The summed E-state index contributed by atoms with van der Waals surface area (Å²) in [6, 6.07) is 0.753. The number of rotatable bonds is 9. The van der Waals surface area contributed by atoms with Crippen LogP contribution in [-0.4, -0.2) is 62.7 Å². The first-order valence-electron chi connectivity index (χ1n) is 8.63. The first-order valence-corrected chi connectivity index (χ1v) is 8.63. The fraction of sp³-hybridized carbons (Fsp3) is 1.00. The van der Waals surface area contributed by atoms with Gasteiger partial charge < -0.3 is 15.1 Å². The van der Waals surface area contributed by atoms with Crippen molar-refractivity contribution in [1.82, 2.24) is 15.1 Å². The van der Waals surface area contributed by atoms with Crippen LogP contribution in [0.3, 0.4) is 0 Å². The van der Waals surface area contributed by atoms with E-state index < -0.39 is 0 Å². The van der Waals surface area contributed by atoms with Crippen molar-refractivity contribution in [3.63, 3.8) is 0 Å². The molecule has 0 saturated heterocycles. The molecule has 0 aromatic rings. The van der Waals surface area contributed by atoms with Gasteiger partial charge in [0, 0.05) is 32.2 Å². The van der Waals surface area contributed by atoms with E-state index in [4.69, 9.17) is 0 Å². The lowest BCUT2D eigenvalue weighted by molar-refractivity contribution is 0.147. The van der Waals surface area contributed by atoms with Gasteiger partial charge in [0.15, 0.2) is 0 Å². The van der Waals surface area contributed by atoms with Crippen molar-refractivity contribution in [3.05, 3.63) is 0 Å². The van der Waals surface area contributed by atoms with Crippen LogP contribution in [0, 0.1) is 11.8 Å². The van der Waals surface area contributed by atoms with Crippen LogP contribution in [0.15, 0.2) is 0 Å². The van der Waals surface area contributed by atoms with E-state index in [-0.39, 0.29) is 0 Å². The quantitative estimate of drug-likeness (QED) is 0.702. The Morgan fingerprint density at radius 2 is 1.80 bits per heavy atom. The van der Waals surface area contributed by atoms with E-state index in [1.807, 2.05) is 0 Å². The molecule has 0 heterocycles. The largest absolute Gasteiger partial charge is 0.314 e. The maximum absolute atomic E-state index is 3.72. The van der Waals surface area contributed by atoms with E-state index >= 15 is 0 Å². The number of likely N-dealkylation sites (N-methyl/N-ethyl adjacent to an activating group) is 1. The summed E-state index contributed by atoms with van der Waals surface area (Å²) in [6.07, 6.45) is 5.63. The lowest BCUT2D eigenvalue weighted by Gasteiger charge is -2.37. The molecule has 3 nitrogen and oxygen atoms in total. The van der Waals surface area contributed by atoms with Gasteiger partial charge in [-0.2, -0.15) is 0 Å². The number of nitrogens with zero attached hydrogens (tertiary/aromatic N) is 2. The molecule has 1 fully saturated rings. The summed E-state index contributed by atoms with van der Waals surface area (Å²) in [5.74, 6) is 1.61. The average molecular weight is 284 g/mol. The smallest absolute Gasteiger partial charge is 0.0109 e. The van der Waals surface area contributed by atoms with Crippen molar-refractivity contribution in [1.29, 1.82) is 0 Å². The van der Waals surface area contributed by atoms with Crippen molar-refractivity contribution < 1.29 is 0 Å². The molecule has 1 aliphatic rings. The van der Waals surface area contributed by atoms with Crippen LogP contribution in [0.2, 0.25) is 0 Å². The third-order valence-electron chi connectivity index (χ3n) is 4.35. The molecule has 1 aliphatic carbocycles. The second kappa shape index (κ2) is 9.75. The van der Waals surface area contributed by atoms with Gasteiger partial charge >= 0.3 is 0 Å². The predicted molar refractivity (Wildman–Crippen MR) is 89.3 cm³/mol. The Morgan fingerprint density at radius 1 is 1.10 bits per heavy atom. The summed E-state index contributed by atoms with van der Waals surface area (Å²) in [5, 5.41) is 3.72. The molecule has 0 bridgehead atoms. The van der Waals surface area contributed by atoms with Crippen LogP contribution in [0.5, 0.6) is 0 Å². The van der Waals surface area contributed by atoms with Gasteiger partial charge in [-0.15, -0.1) is 0 Å². The number of nitrogens with one attached hydrogen (secondary N) is 1. The van der Waals surface area contributed by atoms with Gasteiger partial charge in [-0.25, -0.2) is 0 Å². The van der Waals surface area contributed by atoms with E-state index in [0.717, 1.165) is 24.4 Å². The molecule has 1 saturated carbocycles. The minimum atomic E-state index is 0.753. The van der Waals surface area contributed by atoms with Gasteiger partial charge in [0.05, 0.1) is 0 Å². The molecular formula is C17H37N3. The van der Waals surface area contributed by atoms with Gasteiger partial charge in [-0.1, -0.05) is 33.6 Å². The lowest BCUT2D eigenvalue weighted by Crippen LogP contribution is -2.46. The monoisotopic (exact) mass is 283 g/mol. The van der Waals surface area contributed by atoms with Crippen LogP contribution in [0.1, 0.15) is 46.5 Å². The van der Waals surface area contributed by atoms with Crippen molar-refractivity contribution >= 4 is 0 Å². The minimum absolute atomic E-state index is 0.753. The maximum atomic E-state index is 3.72. The van der Waals surface area contributed by atoms with Crippen LogP contribution in [0.25, 0.3) is 0 Å². The Hall–Kier alpha value is -0.120. The molecule has 120 valence electrons. The summed E-state index contributed by atoms with van der Waals surface area (Å²) in [7, 11) is 4.35. The molecule has 1 rings (SSSR count). The molecule has 20 heavy (non-hydrogen) atoms. The second-order valence-electron chi connectivity index (χ2n) is 7.17. The molecule has 1 N–H and O–H groups in total. The zero-order chi connectivity index (χ0) is 15.0. The van der Waals surface area contributed by atoms with Crippen molar-refractivity contribution in [2.75, 3.05) is 46.8 Å². The third kappa shape index (κ3) is 7.05. The molecule has 0 aliphatic heterocycles. The molecule has 0 spiro atoms. The fourth-order valence-corrected chi connectivity index (χ4v) is 3.40. The Balaban J connectivity index is 2.51. The van der Waals surface area contributed by atoms with Crippen molar-refractivity contribution in [2.24, 2.45) is 11.8 Å². The Kier molecular flexibility index (Phi) is 8.74. The zero-order valence-electron chi connectivity index (χ0n) is 14.5. The summed E-state index contributed by atoms with van der Waals surface area (Å²) in [5.41, 5.74) is 0. The van der Waals surface area contributed by atoms with E-state index in [1.165, 1.54) is 51.9 Å². The van der Waals surface area contributed by atoms with Gasteiger partial charge in [-0.3, -0.25) is 0 Å². The average Bonchev–Trinajstić information content (AvgIpc) is 2.38. The highest BCUT2D eigenvalue weighted by Gasteiger charge is 2.26. The van der Waals surface area contributed by atoms with Crippen molar-refractivity contribution in [2.45, 2.75) is 52.5 Å². The maximum Gasteiger partial charge on any atom is 0.0109 e. The second-order valence-corrected chi connectivity index (χ2v) is 7.17. The van der Waals surface area contributed by atoms with Crippen LogP contribution >= 0.6 is 0 Å². The Bertz CT molecular complexity index is 238. The topological polar surface area (TPSA) is 18.5 Å². The summed E-state index contributed by atoms with van der Waals surface area (Å²) < 4.78 is 0. The number of hydrogen-bond acceptors (Lipinski definition) is 3. The predicted octanol–water partition coefficient (Wildman–Crippen LogP) is 2.67. The molecule has 0 radical (unpaired) electrons. The highest BCUT2D eigenvalue weighted by atomic mass is 15.2. The summed E-state index contributed by atoms with van der Waals surface area (Å²) in [4.78, 5) is 5.00. The SMILES string of the molecule is CCNC1CCCCC1CN(CCN(C)C)CC(C)C. The zero-order valence-corrected chi connectivity index (χ0v) is 14.5. The summed E-state index contributed by atoms with van der Waals surface area (Å²) >= 11 is 0. The highest BCUT2D eigenvalue weighted by molar-refractivity contribution is 4.83. The van der Waals surface area contributed by atoms with Gasteiger partial charge in [0.2, 0.25) is 0 Å². The van der Waals surface area contributed by atoms with E-state index in [0.29, 0.717) is 0 Å². The summed E-state index contributed by atoms with van der Waals surface area (Å²) in [6.45, 7) is 12.9. The first-order chi connectivity index (χ1) is 9.52. The van der Waals surface area contributed by atoms with Crippen LogP contribution in [-0.2, 0) is 0 Å². The van der Waals surface area contributed by atoms with Crippen LogP contribution < -0.4 is 5.32 Å². The molecule has 0 aromatic carbocycles. The third-order valence-corrected chi connectivity index (χ3v) is 4.35. The molecule has 0 aromatic heterocycles. The molecule has 3 heteroatoms.